The molecule has 0 aromatic carbocycles. The highest BCUT2D eigenvalue weighted by Crippen LogP contribution is 2.49. The Morgan fingerprint density at radius 3 is 2.64 bits per heavy atom. The second kappa shape index (κ2) is 6.53. The maximum absolute atomic E-state index is 13.1. The second-order valence-electron chi connectivity index (χ2n) is 8.01. The van der Waals surface area contributed by atoms with E-state index < -0.39 is 12.1 Å². The lowest BCUT2D eigenvalue weighted by molar-refractivity contribution is -0.123. The summed E-state index contributed by atoms with van der Waals surface area (Å²) in [5, 5.41) is 7.03. The monoisotopic (exact) mass is 371 g/mol. The van der Waals surface area contributed by atoms with Crippen molar-refractivity contribution in [2.24, 2.45) is 17.8 Å². The summed E-state index contributed by atoms with van der Waals surface area (Å²) >= 11 is 6.10. The van der Waals surface area contributed by atoms with Gasteiger partial charge in [-0.2, -0.15) is 5.10 Å². The van der Waals surface area contributed by atoms with Crippen LogP contribution in [-0.4, -0.2) is 21.7 Å². The number of nitrogens with zero attached hydrogens (tertiary/aromatic N) is 2. The smallest absolute Gasteiger partial charge is 0.283 e. The molecule has 4 atom stereocenters. The van der Waals surface area contributed by atoms with Gasteiger partial charge in [-0.1, -0.05) is 18.0 Å². The van der Waals surface area contributed by atoms with Crippen molar-refractivity contribution in [1.82, 2.24) is 15.1 Å². The van der Waals surface area contributed by atoms with Gasteiger partial charge >= 0.3 is 0 Å². The first-order valence-electron chi connectivity index (χ1n) is 9.27. The Bertz CT molecular complexity index is 674. The van der Waals surface area contributed by atoms with E-state index in [0.29, 0.717) is 11.6 Å². The standard InChI is InChI=1S/C18H24ClF2N3O/c1-9(13-7-10-2-3-12(13)6-10)22-14(25)8-24-17(11-4-5-11)15(19)16(23-24)18(20)21/h9-13,18H,2-8H2,1H3,(H,22,25). The lowest BCUT2D eigenvalue weighted by Crippen LogP contribution is -2.41. The minimum atomic E-state index is -2.72. The van der Waals surface area contributed by atoms with Gasteiger partial charge in [-0.15, -0.1) is 0 Å². The average molecular weight is 372 g/mol. The highest BCUT2D eigenvalue weighted by atomic mass is 35.5. The molecule has 0 radical (unpaired) electrons. The lowest BCUT2D eigenvalue weighted by Gasteiger charge is -2.28. The van der Waals surface area contributed by atoms with Gasteiger partial charge in [-0.3, -0.25) is 9.48 Å². The molecule has 25 heavy (non-hydrogen) atoms. The molecule has 138 valence electrons. The van der Waals surface area contributed by atoms with Gasteiger partial charge in [0.15, 0.2) is 0 Å². The molecule has 0 spiro atoms. The summed E-state index contributed by atoms with van der Waals surface area (Å²) in [4.78, 5) is 12.5. The number of carbonyl (C=O) groups excluding carboxylic acids is 1. The molecule has 0 aliphatic heterocycles. The van der Waals surface area contributed by atoms with Crippen LogP contribution in [0.5, 0.6) is 0 Å². The summed E-state index contributed by atoms with van der Waals surface area (Å²) in [5.74, 6) is 2.09. The van der Waals surface area contributed by atoms with Crippen LogP contribution in [0.3, 0.4) is 0 Å². The Hall–Kier alpha value is -1.17. The van der Waals surface area contributed by atoms with E-state index in [0.717, 1.165) is 24.7 Å². The molecule has 3 aliphatic rings. The predicted molar refractivity (Wildman–Crippen MR) is 90.7 cm³/mol. The third-order valence-corrected chi connectivity index (χ3v) is 6.63. The largest absolute Gasteiger partial charge is 0.352 e. The normalized spacial score (nSPS) is 29.4. The van der Waals surface area contributed by atoms with E-state index in [9.17, 15) is 13.6 Å². The van der Waals surface area contributed by atoms with E-state index in [1.54, 1.807) is 0 Å². The molecule has 1 heterocycles. The molecule has 7 heteroatoms. The zero-order valence-electron chi connectivity index (χ0n) is 14.4. The minimum Gasteiger partial charge on any atom is -0.352 e. The van der Waals surface area contributed by atoms with E-state index in [1.165, 1.54) is 30.4 Å². The first-order valence-corrected chi connectivity index (χ1v) is 9.65. The zero-order valence-corrected chi connectivity index (χ0v) is 15.1. The van der Waals surface area contributed by atoms with Crippen molar-refractivity contribution in [3.8, 4) is 0 Å². The SMILES string of the molecule is CC(NC(=O)Cn1nc(C(F)F)c(Cl)c1C1CC1)C1CC2CCC1C2. The van der Waals surface area contributed by atoms with Gasteiger partial charge in [0.25, 0.3) is 6.43 Å². The van der Waals surface area contributed by atoms with Gasteiger partial charge in [0.05, 0.1) is 10.7 Å². The van der Waals surface area contributed by atoms with Crippen LogP contribution in [0.25, 0.3) is 0 Å². The zero-order chi connectivity index (χ0) is 17.7. The van der Waals surface area contributed by atoms with Gasteiger partial charge < -0.3 is 5.32 Å². The van der Waals surface area contributed by atoms with Crippen molar-refractivity contribution in [3.05, 3.63) is 16.4 Å². The number of nitrogens with one attached hydrogen (secondary N) is 1. The molecule has 4 nitrogen and oxygen atoms in total. The first kappa shape index (κ1) is 17.3. The first-order chi connectivity index (χ1) is 11.9. The fourth-order valence-electron chi connectivity index (χ4n) is 4.93. The van der Waals surface area contributed by atoms with Crippen molar-refractivity contribution in [2.75, 3.05) is 0 Å². The van der Waals surface area contributed by atoms with Crippen molar-refractivity contribution < 1.29 is 13.6 Å². The van der Waals surface area contributed by atoms with E-state index in [2.05, 4.69) is 17.3 Å². The molecule has 1 aromatic heterocycles. The number of fused-ring (bicyclic) bond motifs is 2. The Kier molecular flexibility index (Phi) is 4.50. The van der Waals surface area contributed by atoms with Gasteiger partial charge in [0.2, 0.25) is 5.91 Å². The van der Waals surface area contributed by atoms with Crippen LogP contribution in [0, 0.1) is 17.8 Å². The van der Waals surface area contributed by atoms with Crippen LogP contribution in [0.15, 0.2) is 0 Å². The van der Waals surface area contributed by atoms with E-state index >= 15 is 0 Å². The van der Waals surface area contributed by atoms with Crippen LogP contribution >= 0.6 is 11.6 Å². The predicted octanol–water partition coefficient (Wildman–Crippen LogP) is 4.29. The molecular weight excluding hydrogens is 348 g/mol. The summed E-state index contributed by atoms with van der Waals surface area (Å²) in [7, 11) is 0. The van der Waals surface area contributed by atoms with Crippen LogP contribution in [-0.2, 0) is 11.3 Å². The molecule has 4 rings (SSSR count). The topological polar surface area (TPSA) is 46.9 Å². The highest BCUT2D eigenvalue weighted by Gasteiger charge is 2.42. The van der Waals surface area contributed by atoms with Crippen molar-refractivity contribution in [3.63, 3.8) is 0 Å². The molecular formula is C18H24ClF2N3O. The molecule has 3 fully saturated rings. The lowest BCUT2D eigenvalue weighted by atomic mass is 9.84. The summed E-state index contributed by atoms with van der Waals surface area (Å²) < 4.78 is 27.6. The number of halogens is 3. The number of amides is 1. The van der Waals surface area contributed by atoms with Crippen LogP contribution < -0.4 is 5.32 Å². The Labute approximate surface area is 151 Å². The number of hydrogen-bond acceptors (Lipinski definition) is 2. The molecule has 4 unspecified atom stereocenters. The van der Waals surface area contributed by atoms with E-state index in [4.69, 9.17) is 11.6 Å². The molecule has 0 saturated heterocycles. The number of aromatic nitrogens is 2. The minimum absolute atomic E-state index is 0.0338. The Morgan fingerprint density at radius 1 is 1.32 bits per heavy atom. The number of carbonyl (C=O) groups is 1. The molecule has 1 aromatic rings. The van der Waals surface area contributed by atoms with Crippen LogP contribution in [0.2, 0.25) is 5.02 Å². The fourth-order valence-corrected chi connectivity index (χ4v) is 5.30. The summed E-state index contributed by atoms with van der Waals surface area (Å²) in [6.07, 6.45) is 4.20. The van der Waals surface area contributed by atoms with Gasteiger partial charge in [0.1, 0.15) is 12.2 Å². The van der Waals surface area contributed by atoms with Crippen LogP contribution in [0.4, 0.5) is 8.78 Å². The third kappa shape index (κ3) is 3.29. The Morgan fingerprint density at radius 2 is 2.08 bits per heavy atom. The number of alkyl halides is 2. The van der Waals surface area contributed by atoms with Crippen molar-refractivity contribution in [1.29, 1.82) is 0 Å². The van der Waals surface area contributed by atoms with Gasteiger partial charge in [-0.05, 0) is 56.8 Å². The quantitative estimate of drug-likeness (QED) is 0.810. The average Bonchev–Trinajstić information content (AvgIpc) is 3.02. The molecule has 1 amide bonds. The van der Waals surface area contributed by atoms with Crippen molar-refractivity contribution >= 4 is 17.5 Å². The molecule has 2 bridgehead atoms. The maximum atomic E-state index is 13.1. The van der Waals surface area contributed by atoms with E-state index in [1.807, 2.05) is 0 Å². The van der Waals surface area contributed by atoms with Gasteiger partial charge in [0, 0.05) is 12.0 Å². The highest BCUT2D eigenvalue weighted by molar-refractivity contribution is 6.32. The fraction of sp³-hybridized carbons (Fsp3) is 0.778. The van der Waals surface area contributed by atoms with Crippen molar-refractivity contribution in [2.45, 2.75) is 70.4 Å². The molecule has 1 N–H and O–H groups in total. The number of hydrogen-bond donors (Lipinski definition) is 1. The summed E-state index contributed by atoms with van der Waals surface area (Å²) in [5.41, 5.74) is 0.192. The summed E-state index contributed by atoms with van der Waals surface area (Å²) in [6, 6.07) is 0.118. The molecule has 3 aliphatic carbocycles. The van der Waals surface area contributed by atoms with E-state index in [-0.39, 0.29) is 29.4 Å². The number of rotatable bonds is 6. The Balaban J connectivity index is 1.43. The second-order valence-corrected chi connectivity index (χ2v) is 8.39. The van der Waals surface area contributed by atoms with Gasteiger partial charge in [-0.25, -0.2) is 8.78 Å². The maximum Gasteiger partial charge on any atom is 0.283 e. The third-order valence-electron chi connectivity index (χ3n) is 6.24. The summed E-state index contributed by atoms with van der Waals surface area (Å²) in [6.45, 7) is 2.02. The van der Waals surface area contributed by atoms with Crippen LogP contribution in [0.1, 0.15) is 69.2 Å². The molecule has 3 saturated carbocycles.